The van der Waals surface area contributed by atoms with Gasteiger partial charge in [0.05, 0.1) is 3.57 Å². The molecule has 0 unspecified atom stereocenters. The zero-order chi connectivity index (χ0) is 12.5. The van der Waals surface area contributed by atoms with Gasteiger partial charge in [0.1, 0.15) is 0 Å². The maximum atomic E-state index is 12.1. The molecule has 1 aromatic heterocycles. The van der Waals surface area contributed by atoms with E-state index in [2.05, 4.69) is 38.5 Å². The molecule has 0 saturated carbocycles. The predicted octanol–water partition coefficient (Wildman–Crippen LogP) is 3.12. The standard InChI is InChI=1S/C14H15IN2O/c15-12-9-16-13-5-4-10(8-11(13)14(12)18)17-6-2-1-3-7-17/h4-5,8-9H,1-3,6-7H2,(H,16,18). The van der Waals surface area contributed by atoms with Gasteiger partial charge in [-0.1, -0.05) is 0 Å². The number of nitrogens with one attached hydrogen (secondary N) is 1. The van der Waals surface area contributed by atoms with Crippen LogP contribution in [0.1, 0.15) is 19.3 Å². The molecule has 2 aromatic rings. The lowest BCUT2D eigenvalue weighted by Crippen LogP contribution is -2.29. The zero-order valence-corrected chi connectivity index (χ0v) is 12.2. The third-order valence-corrected chi connectivity index (χ3v) is 4.34. The number of halogens is 1. The highest BCUT2D eigenvalue weighted by Crippen LogP contribution is 2.22. The fraction of sp³-hybridized carbons (Fsp3) is 0.357. The number of aromatic nitrogens is 1. The van der Waals surface area contributed by atoms with E-state index in [1.807, 2.05) is 12.1 Å². The average Bonchev–Trinajstić information content (AvgIpc) is 2.44. The molecule has 0 spiro atoms. The van der Waals surface area contributed by atoms with E-state index in [1.54, 1.807) is 6.20 Å². The SMILES string of the molecule is O=c1c(I)c[nH]c2ccc(N3CCCCC3)cc12. The fourth-order valence-corrected chi connectivity index (χ4v) is 2.98. The summed E-state index contributed by atoms with van der Waals surface area (Å²) in [4.78, 5) is 17.7. The van der Waals surface area contributed by atoms with Crippen LogP contribution >= 0.6 is 22.6 Å². The molecular weight excluding hydrogens is 339 g/mol. The fourth-order valence-electron chi connectivity index (χ4n) is 2.53. The maximum Gasteiger partial charge on any atom is 0.202 e. The molecule has 3 nitrogen and oxygen atoms in total. The third kappa shape index (κ3) is 2.13. The van der Waals surface area contributed by atoms with Crippen LogP contribution < -0.4 is 10.3 Å². The van der Waals surface area contributed by atoms with E-state index in [-0.39, 0.29) is 5.43 Å². The Morgan fingerprint density at radius 2 is 1.94 bits per heavy atom. The second kappa shape index (κ2) is 4.91. The summed E-state index contributed by atoms with van der Waals surface area (Å²) in [6.07, 6.45) is 5.59. The summed E-state index contributed by atoms with van der Waals surface area (Å²) < 4.78 is 0.746. The van der Waals surface area contributed by atoms with Crippen molar-refractivity contribution in [3.8, 4) is 0 Å². The van der Waals surface area contributed by atoms with E-state index in [1.165, 1.54) is 24.9 Å². The van der Waals surface area contributed by atoms with Crippen molar-refractivity contribution >= 4 is 39.2 Å². The molecule has 0 radical (unpaired) electrons. The van der Waals surface area contributed by atoms with Crippen LogP contribution in [-0.2, 0) is 0 Å². The minimum atomic E-state index is 0.128. The van der Waals surface area contributed by atoms with Gasteiger partial charge in [0.25, 0.3) is 0 Å². The molecule has 18 heavy (non-hydrogen) atoms. The molecule has 4 heteroatoms. The summed E-state index contributed by atoms with van der Waals surface area (Å²) in [5.41, 5.74) is 2.22. The Labute approximate surface area is 119 Å². The van der Waals surface area contributed by atoms with Crippen molar-refractivity contribution < 1.29 is 0 Å². The van der Waals surface area contributed by atoms with Gasteiger partial charge in [-0.2, -0.15) is 0 Å². The van der Waals surface area contributed by atoms with Crippen molar-refractivity contribution in [1.82, 2.24) is 4.98 Å². The molecule has 1 saturated heterocycles. The number of H-pyrrole nitrogens is 1. The van der Waals surface area contributed by atoms with Gasteiger partial charge in [-0.25, -0.2) is 0 Å². The number of aromatic amines is 1. The molecule has 2 heterocycles. The lowest BCUT2D eigenvalue weighted by Gasteiger charge is -2.28. The molecule has 1 aliphatic heterocycles. The van der Waals surface area contributed by atoms with Crippen molar-refractivity contribution in [2.24, 2.45) is 0 Å². The molecule has 0 atom stereocenters. The van der Waals surface area contributed by atoms with Crippen LogP contribution in [-0.4, -0.2) is 18.1 Å². The van der Waals surface area contributed by atoms with E-state index in [0.717, 1.165) is 27.6 Å². The molecule has 0 bridgehead atoms. The van der Waals surface area contributed by atoms with Gasteiger partial charge in [0.2, 0.25) is 5.43 Å². The number of piperidine rings is 1. The first-order valence-electron chi connectivity index (χ1n) is 6.31. The molecule has 1 fully saturated rings. The topological polar surface area (TPSA) is 36.1 Å². The van der Waals surface area contributed by atoms with Gasteiger partial charge in [-0.15, -0.1) is 0 Å². The predicted molar refractivity (Wildman–Crippen MR) is 83.3 cm³/mol. The van der Waals surface area contributed by atoms with Gasteiger partial charge in [0.15, 0.2) is 0 Å². The van der Waals surface area contributed by atoms with Crippen LogP contribution in [0, 0.1) is 3.57 Å². The van der Waals surface area contributed by atoms with E-state index in [9.17, 15) is 4.79 Å². The molecule has 94 valence electrons. The van der Waals surface area contributed by atoms with Crippen molar-refractivity contribution in [3.05, 3.63) is 38.2 Å². The zero-order valence-electron chi connectivity index (χ0n) is 10.1. The second-order valence-electron chi connectivity index (χ2n) is 4.74. The highest BCUT2D eigenvalue weighted by molar-refractivity contribution is 14.1. The summed E-state index contributed by atoms with van der Waals surface area (Å²) in [5.74, 6) is 0. The van der Waals surface area contributed by atoms with E-state index in [0.29, 0.717) is 0 Å². The molecule has 0 amide bonds. The van der Waals surface area contributed by atoms with E-state index < -0.39 is 0 Å². The Bertz CT molecular complexity index is 629. The lowest BCUT2D eigenvalue weighted by atomic mass is 10.1. The first kappa shape index (κ1) is 12.0. The summed E-state index contributed by atoms with van der Waals surface area (Å²) in [7, 11) is 0. The van der Waals surface area contributed by atoms with Crippen LogP contribution in [0.15, 0.2) is 29.2 Å². The van der Waals surface area contributed by atoms with Crippen LogP contribution in [0.4, 0.5) is 5.69 Å². The average molecular weight is 354 g/mol. The number of anilines is 1. The number of hydrogen-bond acceptors (Lipinski definition) is 2. The summed E-state index contributed by atoms with van der Waals surface area (Å²) in [5, 5.41) is 0.796. The Balaban J connectivity index is 2.09. The maximum absolute atomic E-state index is 12.1. The van der Waals surface area contributed by atoms with Gasteiger partial charge < -0.3 is 9.88 Å². The first-order valence-corrected chi connectivity index (χ1v) is 7.39. The third-order valence-electron chi connectivity index (χ3n) is 3.54. The smallest absolute Gasteiger partial charge is 0.202 e. The normalized spacial score (nSPS) is 16.2. The van der Waals surface area contributed by atoms with Crippen LogP contribution in [0.2, 0.25) is 0 Å². The molecule has 1 aliphatic rings. The summed E-state index contributed by atoms with van der Waals surface area (Å²) in [6, 6.07) is 6.15. The highest BCUT2D eigenvalue weighted by Gasteiger charge is 2.12. The number of pyridine rings is 1. The minimum Gasteiger partial charge on any atom is -0.372 e. The Hall–Kier alpha value is -1.04. The Morgan fingerprint density at radius 3 is 2.72 bits per heavy atom. The van der Waals surface area contributed by atoms with Crippen molar-refractivity contribution in [1.29, 1.82) is 0 Å². The van der Waals surface area contributed by atoms with Crippen LogP contribution in [0.5, 0.6) is 0 Å². The van der Waals surface area contributed by atoms with Crippen molar-refractivity contribution in [3.63, 3.8) is 0 Å². The van der Waals surface area contributed by atoms with Gasteiger partial charge in [-0.05, 0) is 60.1 Å². The number of rotatable bonds is 1. The number of nitrogens with zero attached hydrogens (tertiary/aromatic N) is 1. The Kier molecular flexibility index (Phi) is 3.28. The quantitative estimate of drug-likeness (QED) is 0.799. The summed E-state index contributed by atoms with van der Waals surface area (Å²) >= 11 is 2.08. The molecule has 0 aliphatic carbocycles. The molecule has 3 rings (SSSR count). The van der Waals surface area contributed by atoms with Crippen LogP contribution in [0.3, 0.4) is 0 Å². The summed E-state index contributed by atoms with van der Waals surface area (Å²) in [6.45, 7) is 2.21. The largest absolute Gasteiger partial charge is 0.372 e. The van der Waals surface area contributed by atoms with Crippen LogP contribution in [0.25, 0.3) is 10.9 Å². The number of hydrogen-bond donors (Lipinski definition) is 1. The number of benzene rings is 1. The van der Waals surface area contributed by atoms with E-state index >= 15 is 0 Å². The molecular formula is C14H15IN2O. The molecule has 1 aromatic carbocycles. The van der Waals surface area contributed by atoms with Crippen molar-refractivity contribution in [2.45, 2.75) is 19.3 Å². The Morgan fingerprint density at radius 1 is 1.17 bits per heavy atom. The highest BCUT2D eigenvalue weighted by atomic mass is 127. The van der Waals surface area contributed by atoms with Crippen molar-refractivity contribution in [2.75, 3.05) is 18.0 Å². The number of fused-ring (bicyclic) bond motifs is 1. The van der Waals surface area contributed by atoms with Gasteiger partial charge in [0, 0.05) is 35.9 Å². The second-order valence-corrected chi connectivity index (χ2v) is 5.91. The van der Waals surface area contributed by atoms with Gasteiger partial charge in [-0.3, -0.25) is 4.79 Å². The van der Waals surface area contributed by atoms with Gasteiger partial charge >= 0.3 is 0 Å². The monoisotopic (exact) mass is 354 g/mol. The first-order chi connectivity index (χ1) is 8.75. The lowest BCUT2D eigenvalue weighted by molar-refractivity contribution is 0.578. The molecule has 1 N–H and O–H groups in total. The minimum absolute atomic E-state index is 0.128. The van der Waals surface area contributed by atoms with E-state index in [4.69, 9.17) is 0 Å².